The van der Waals surface area contributed by atoms with Crippen molar-refractivity contribution in [1.29, 1.82) is 0 Å². The van der Waals surface area contributed by atoms with Crippen molar-refractivity contribution >= 4 is 77.5 Å². The van der Waals surface area contributed by atoms with Gasteiger partial charge in [0.05, 0.1) is 16.3 Å². The van der Waals surface area contributed by atoms with Crippen molar-refractivity contribution < 1.29 is 40.9 Å². The molecule has 1 aromatic heterocycles. The second kappa shape index (κ2) is 13.6. The van der Waals surface area contributed by atoms with Crippen LogP contribution in [-0.2, 0) is 25.0 Å². The molecule has 0 radical (unpaired) electrons. The van der Waals surface area contributed by atoms with Gasteiger partial charge in [-0.3, -0.25) is 13.9 Å². The smallest absolute Gasteiger partial charge is 0.320 e. The molecule has 4 aromatic rings. The zero-order chi connectivity index (χ0) is 32.9. The van der Waals surface area contributed by atoms with E-state index in [4.69, 9.17) is 22.4 Å². The number of fused-ring (bicyclic) bond motifs is 1. The quantitative estimate of drug-likeness (QED) is 0.0596. The van der Waals surface area contributed by atoms with Gasteiger partial charge in [-0.2, -0.15) is 36.9 Å². The summed E-state index contributed by atoms with van der Waals surface area (Å²) in [6, 6.07) is 9.68. The number of nitrogens with one attached hydrogen (secondary N) is 2. The summed E-state index contributed by atoms with van der Waals surface area (Å²) in [6.45, 7) is 0.294. The van der Waals surface area contributed by atoms with Gasteiger partial charge in [0.2, 0.25) is 17.2 Å². The molecule has 1 heterocycles. The second-order valence-corrected chi connectivity index (χ2v) is 12.5. The number of benzene rings is 3. The molecule has 238 valence electrons. The molecule has 0 spiro atoms. The molecule has 17 nitrogen and oxygen atoms in total. The van der Waals surface area contributed by atoms with E-state index in [2.05, 4.69) is 35.8 Å². The number of hydrogen-bond donors (Lipinski definition) is 7. The molecule has 0 aliphatic rings. The molecule has 1 unspecified atom stereocenters. The van der Waals surface area contributed by atoms with Gasteiger partial charge in [0.25, 0.3) is 20.2 Å². The van der Waals surface area contributed by atoms with Crippen LogP contribution < -0.4 is 16.4 Å². The predicted octanol–water partition coefficient (Wildman–Crippen LogP) is 4.03. The van der Waals surface area contributed by atoms with Crippen LogP contribution in [0.3, 0.4) is 0 Å². The van der Waals surface area contributed by atoms with E-state index < -0.39 is 53.5 Å². The SMILES string of the molecule is NC(CCCCNc1nc(Cl)nc(Nc2cc(S(=O)(=O)O)cc3cc(S(=O)(=O)O)c(N=Nc4ccccc4)c(O)c23)n1)C(=O)O. The molecule has 0 bridgehead atoms. The van der Waals surface area contributed by atoms with Crippen molar-refractivity contribution in [2.24, 2.45) is 16.0 Å². The number of unbranched alkanes of at least 4 members (excludes halogenated alkanes) is 1. The molecule has 8 N–H and O–H groups in total. The lowest BCUT2D eigenvalue weighted by Gasteiger charge is -2.15. The number of aromatic nitrogens is 3. The highest BCUT2D eigenvalue weighted by Gasteiger charge is 2.26. The number of halogens is 1. The summed E-state index contributed by atoms with van der Waals surface area (Å²) >= 11 is 6.05. The third-order valence-electron chi connectivity index (χ3n) is 6.12. The summed E-state index contributed by atoms with van der Waals surface area (Å²) in [6.07, 6.45) is 1.22. The summed E-state index contributed by atoms with van der Waals surface area (Å²) in [4.78, 5) is 21.3. The average molecular weight is 681 g/mol. The fourth-order valence-electron chi connectivity index (χ4n) is 4.02. The Kier molecular flexibility index (Phi) is 10.1. The molecular formula is C25H25ClN8O9S2. The highest BCUT2D eigenvalue weighted by molar-refractivity contribution is 7.86. The number of carboxylic acids is 1. The van der Waals surface area contributed by atoms with E-state index >= 15 is 0 Å². The maximum absolute atomic E-state index is 12.3. The Hall–Kier alpha value is -4.53. The first-order valence-electron chi connectivity index (χ1n) is 12.8. The number of hydrogen-bond acceptors (Lipinski definition) is 14. The van der Waals surface area contributed by atoms with Gasteiger partial charge in [0, 0.05) is 11.9 Å². The number of aromatic hydroxyl groups is 1. The maximum Gasteiger partial charge on any atom is 0.320 e. The number of anilines is 3. The van der Waals surface area contributed by atoms with Crippen LogP contribution >= 0.6 is 11.6 Å². The Morgan fingerprint density at radius 2 is 1.64 bits per heavy atom. The van der Waals surface area contributed by atoms with E-state index in [1.54, 1.807) is 30.3 Å². The number of aliphatic carboxylic acids is 1. The average Bonchev–Trinajstić information content (AvgIpc) is 2.95. The summed E-state index contributed by atoms with van der Waals surface area (Å²) in [5.41, 5.74) is 4.86. The summed E-state index contributed by atoms with van der Waals surface area (Å²) in [7, 11) is -9.93. The molecule has 3 aromatic carbocycles. The van der Waals surface area contributed by atoms with Crippen molar-refractivity contribution in [3.63, 3.8) is 0 Å². The minimum Gasteiger partial charge on any atom is -0.505 e. The minimum atomic E-state index is -5.05. The fourth-order valence-corrected chi connectivity index (χ4v) is 5.38. The van der Waals surface area contributed by atoms with Gasteiger partial charge in [-0.25, -0.2) is 0 Å². The Balaban J connectivity index is 1.77. The Bertz CT molecular complexity index is 2000. The van der Waals surface area contributed by atoms with Gasteiger partial charge in [0.1, 0.15) is 16.6 Å². The predicted molar refractivity (Wildman–Crippen MR) is 162 cm³/mol. The van der Waals surface area contributed by atoms with Gasteiger partial charge >= 0.3 is 5.97 Å². The largest absolute Gasteiger partial charge is 0.505 e. The number of phenols is 1. The van der Waals surface area contributed by atoms with Gasteiger partial charge < -0.3 is 26.6 Å². The number of carbonyl (C=O) groups is 1. The molecule has 0 saturated carbocycles. The highest BCUT2D eigenvalue weighted by atomic mass is 35.5. The maximum atomic E-state index is 12.3. The third-order valence-corrected chi connectivity index (χ3v) is 7.99. The zero-order valence-electron chi connectivity index (χ0n) is 22.9. The second-order valence-electron chi connectivity index (χ2n) is 9.37. The standard InChI is InChI=1S/C25H25ClN8O9S2/c26-23-30-24(28-9-5-4-8-16(27)22(36)37)32-25(31-23)29-17-12-15(44(38,39)40)10-13-11-18(45(41,42)43)20(21(35)19(13)17)34-33-14-6-2-1-3-7-14/h1-3,6-7,10-12,16,35H,4-5,8-9,27H2,(H,36,37)(H,38,39,40)(H,41,42,43)(H2,28,29,30,31,32). The molecule has 45 heavy (non-hydrogen) atoms. The zero-order valence-corrected chi connectivity index (χ0v) is 25.3. The number of azo groups is 1. The molecule has 20 heteroatoms. The lowest BCUT2D eigenvalue weighted by Crippen LogP contribution is -2.29. The molecular weight excluding hydrogens is 656 g/mol. The first-order chi connectivity index (χ1) is 21.1. The number of nitrogens with zero attached hydrogens (tertiary/aromatic N) is 5. The van der Waals surface area contributed by atoms with Crippen LogP contribution in [0.25, 0.3) is 10.8 Å². The van der Waals surface area contributed by atoms with E-state index in [-0.39, 0.29) is 45.7 Å². The first-order valence-corrected chi connectivity index (χ1v) is 16.1. The van der Waals surface area contributed by atoms with E-state index in [1.165, 1.54) is 0 Å². The van der Waals surface area contributed by atoms with Crippen LogP contribution in [0.2, 0.25) is 5.28 Å². The third kappa shape index (κ3) is 8.56. The van der Waals surface area contributed by atoms with Crippen LogP contribution in [0, 0.1) is 0 Å². The van der Waals surface area contributed by atoms with Gasteiger partial charge in [-0.15, -0.1) is 5.11 Å². The van der Waals surface area contributed by atoms with Crippen molar-refractivity contribution in [2.45, 2.75) is 35.1 Å². The molecule has 0 amide bonds. The van der Waals surface area contributed by atoms with Crippen molar-refractivity contribution in [1.82, 2.24) is 15.0 Å². The van der Waals surface area contributed by atoms with E-state index in [9.17, 15) is 35.8 Å². The number of carboxylic acid groups (broad SMARTS) is 1. The topological polar surface area (TPSA) is 280 Å². The summed E-state index contributed by atoms with van der Waals surface area (Å²) in [5.74, 6) is -2.22. The van der Waals surface area contributed by atoms with E-state index in [0.717, 1.165) is 18.2 Å². The lowest BCUT2D eigenvalue weighted by atomic mass is 10.1. The molecule has 4 rings (SSSR count). The van der Waals surface area contributed by atoms with Crippen LogP contribution in [0.15, 0.2) is 68.6 Å². The minimum absolute atomic E-state index is 0.0227. The van der Waals surface area contributed by atoms with Crippen molar-refractivity contribution in [2.75, 3.05) is 17.2 Å². The van der Waals surface area contributed by atoms with Gasteiger partial charge in [0.15, 0.2) is 5.75 Å². The van der Waals surface area contributed by atoms with E-state index in [0.29, 0.717) is 19.4 Å². The highest BCUT2D eigenvalue weighted by Crippen LogP contribution is 2.45. The molecule has 1 atom stereocenters. The Morgan fingerprint density at radius 3 is 2.29 bits per heavy atom. The van der Waals surface area contributed by atoms with Gasteiger partial charge in [-0.05, 0) is 66.6 Å². The monoisotopic (exact) mass is 680 g/mol. The molecule has 0 aliphatic heterocycles. The normalized spacial score (nSPS) is 12.8. The van der Waals surface area contributed by atoms with Crippen molar-refractivity contribution in [3.8, 4) is 5.75 Å². The Morgan fingerprint density at radius 1 is 0.956 bits per heavy atom. The van der Waals surface area contributed by atoms with Crippen LogP contribution in [-0.4, -0.2) is 69.7 Å². The van der Waals surface area contributed by atoms with Crippen molar-refractivity contribution in [3.05, 3.63) is 53.8 Å². The number of nitrogens with two attached hydrogens (primary N) is 1. The van der Waals surface area contributed by atoms with Gasteiger partial charge in [-0.1, -0.05) is 18.2 Å². The van der Waals surface area contributed by atoms with Crippen LogP contribution in [0.5, 0.6) is 5.75 Å². The van der Waals surface area contributed by atoms with E-state index in [1.807, 2.05) is 0 Å². The lowest BCUT2D eigenvalue weighted by molar-refractivity contribution is -0.138. The summed E-state index contributed by atoms with van der Waals surface area (Å²) < 4.78 is 68.4. The summed E-state index contributed by atoms with van der Waals surface area (Å²) in [5, 5.41) is 32.7. The molecule has 0 aliphatic carbocycles. The first kappa shape index (κ1) is 33.4. The van der Waals surface area contributed by atoms with Crippen LogP contribution in [0.4, 0.5) is 29.0 Å². The fraction of sp³-hybridized carbons (Fsp3) is 0.200. The van der Waals surface area contributed by atoms with Crippen LogP contribution in [0.1, 0.15) is 19.3 Å². The molecule has 0 fully saturated rings. The molecule has 0 saturated heterocycles. The number of rotatable bonds is 13. The number of phenolic OH excluding ortho intramolecular Hbond substituents is 1. The Labute approximate surface area is 260 Å².